The molecule has 0 saturated carbocycles. The SMILES string of the molecule is CCCN1C(=O)/C(=C/c2ccc(OCC(=O)Nc3ccccc3OCC)c(OC)c2)SC1=S. The number of hydrogen-bond donors (Lipinski definition) is 1. The molecule has 1 aliphatic rings. The second-order valence-electron chi connectivity index (χ2n) is 7.01. The highest BCUT2D eigenvalue weighted by Gasteiger charge is 2.31. The summed E-state index contributed by atoms with van der Waals surface area (Å²) in [5.41, 5.74) is 1.35. The predicted octanol–water partition coefficient (Wildman–Crippen LogP) is 4.72. The summed E-state index contributed by atoms with van der Waals surface area (Å²) in [6.07, 6.45) is 2.61. The first-order chi connectivity index (χ1) is 16.0. The lowest BCUT2D eigenvalue weighted by Gasteiger charge is -2.13. The third-order valence-electron chi connectivity index (χ3n) is 4.63. The number of anilines is 1. The molecule has 0 atom stereocenters. The average molecular weight is 487 g/mol. The molecule has 7 nitrogen and oxygen atoms in total. The van der Waals surface area contributed by atoms with E-state index in [9.17, 15) is 9.59 Å². The summed E-state index contributed by atoms with van der Waals surface area (Å²) in [6, 6.07) is 12.5. The van der Waals surface area contributed by atoms with Crippen LogP contribution in [-0.2, 0) is 9.59 Å². The third-order valence-corrected chi connectivity index (χ3v) is 6.00. The highest BCUT2D eigenvalue weighted by molar-refractivity contribution is 8.26. The first-order valence-electron chi connectivity index (χ1n) is 10.5. The third kappa shape index (κ3) is 6.27. The Hall–Kier alpha value is -3.04. The maximum absolute atomic E-state index is 12.6. The maximum atomic E-state index is 12.6. The van der Waals surface area contributed by atoms with Crippen LogP contribution in [0.15, 0.2) is 47.4 Å². The van der Waals surface area contributed by atoms with Crippen LogP contribution >= 0.6 is 24.0 Å². The van der Waals surface area contributed by atoms with Crippen molar-refractivity contribution < 1.29 is 23.8 Å². The van der Waals surface area contributed by atoms with Crippen LogP contribution < -0.4 is 19.5 Å². The molecule has 3 rings (SSSR count). The molecule has 1 N–H and O–H groups in total. The summed E-state index contributed by atoms with van der Waals surface area (Å²) in [4.78, 5) is 27.1. The Balaban J connectivity index is 1.66. The zero-order chi connectivity index (χ0) is 23.8. The Labute approximate surface area is 203 Å². The summed E-state index contributed by atoms with van der Waals surface area (Å²) in [5.74, 6) is 1.05. The van der Waals surface area contributed by atoms with Crippen molar-refractivity contribution in [2.75, 3.05) is 32.2 Å². The van der Waals surface area contributed by atoms with Gasteiger partial charge in [-0.05, 0) is 49.2 Å². The van der Waals surface area contributed by atoms with Gasteiger partial charge in [0.15, 0.2) is 18.1 Å². The minimum Gasteiger partial charge on any atom is -0.493 e. The molecule has 1 aliphatic heterocycles. The zero-order valence-electron chi connectivity index (χ0n) is 18.8. The molecule has 0 radical (unpaired) electrons. The van der Waals surface area contributed by atoms with Gasteiger partial charge in [0.25, 0.3) is 11.8 Å². The summed E-state index contributed by atoms with van der Waals surface area (Å²) in [5, 5.41) is 2.79. The van der Waals surface area contributed by atoms with Crippen LogP contribution in [0.25, 0.3) is 6.08 Å². The van der Waals surface area contributed by atoms with Gasteiger partial charge in [-0.3, -0.25) is 14.5 Å². The first-order valence-corrected chi connectivity index (χ1v) is 11.8. The number of para-hydroxylation sites is 2. The summed E-state index contributed by atoms with van der Waals surface area (Å²) in [6.45, 7) is 4.78. The Morgan fingerprint density at radius 1 is 1.12 bits per heavy atom. The molecule has 0 aliphatic carbocycles. The molecular weight excluding hydrogens is 460 g/mol. The van der Waals surface area contributed by atoms with E-state index in [1.165, 1.54) is 18.9 Å². The number of carbonyl (C=O) groups is 2. The van der Waals surface area contributed by atoms with Gasteiger partial charge in [-0.2, -0.15) is 0 Å². The normalized spacial score (nSPS) is 14.5. The van der Waals surface area contributed by atoms with Crippen LogP contribution in [0.1, 0.15) is 25.8 Å². The standard InChI is InChI=1S/C24H26N2O5S2/c1-4-12-26-23(28)21(33-24(26)32)14-16-10-11-19(20(13-16)29-3)31-15-22(27)25-17-8-6-7-9-18(17)30-5-2/h6-11,13-14H,4-5,12,15H2,1-3H3,(H,25,27)/b21-14-. The molecule has 1 saturated heterocycles. The number of thioether (sulfide) groups is 1. The number of thiocarbonyl (C=S) groups is 1. The molecule has 2 aromatic carbocycles. The van der Waals surface area contributed by atoms with Crippen molar-refractivity contribution in [3.8, 4) is 17.2 Å². The Morgan fingerprint density at radius 3 is 2.64 bits per heavy atom. The van der Waals surface area contributed by atoms with Gasteiger partial charge in [-0.1, -0.05) is 49.1 Å². The second-order valence-corrected chi connectivity index (χ2v) is 8.69. The van der Waals surface area contributed by atoms with Crippen LogP contribution in [0.4, 0.5) is 5.69 Å². The molecule has 9 heteroatoms. The van der Waals surface area contributed by atoms with Gasteiger partial charge in [0.2, 0.25) is 0 Å². The van der Waals surface area contributed by atoms with Crippen molar-refractivity contribution in [2.45, 2.75) is 20.3 Å². The Kier molecular flexibility index (Phi) is 8.73. The predicted molar refractivity (Wildman–Crippen MR) is 135 cm³/mol. The van der Waals surface area contributed by atoms with E-state index >= 15 is 0 Å². The number of hydrogen-bond acceptors (Lipinski definition) is 7. The number of rotatable bonds is 10. The lowest BCUT2D eigenvalue weighted by molar-refractivity contribution is -0.122. The highest BCUT2D eigenvalue weighted by atomic mass is 32.2. The van der Waals surface area contributed by atoms with E-state index in [1.54, 1.807) is 41.3 Å². The molecule has 2 amide bonds. The molecule has 33 heavy (non-hydrogen) atoms. The number of methoxy groups -OCH3 is 1. The van der Waals surface area contributed by atoms with Gasteiger partial charge in [-0.15, -0.1) is 0 Å². The molecule has 174 valence electrons. The zero-order valence-corrected chi connectivity index (χ0v) is 20.4. The van der Waals surface area contributed by atoms with Gasteiger partial charge >= 0.3 is 0 Å². The summed E-state index contributed by atoms with van der Waals surface area (Å²) >= 11 is 6.60. The minimum atomic E-state index is -0.326. The van der Waals surface area contributed by atoms with E-state index < -0.39 is 0 Å². The summed E-state index contributed by atoms with van der Waals surface area (Å²) in [7, 11) is 1.52. The molecule has 0 bridgehead atoms. The van der Waals surface area contributed by atoms with Crippen molar-refractivity contribution in [3.63, 3.8) is 0 Å². The van der Waals surface area contributed by atoms with Crippen LogP contribution in [0.3, 0.4) is 0 Å². The second kappa shape index (κ2) is 11.7. The lowest BCUT2D eigenvalue weighted by Crippen LogP contribution is -2.28. The number of amides is 2. The molecule has 2 aromatic rings. The van der Waals surface area contributed by atoms with Crippen LogP contribution in [0.2, 0.25) is 0 Å². The van der Waals surface area contributed by atoms with Crippen LogP contribution in [0.5, 0.6) is 17.2 Å². The molecule has 0 spiro atoms. The molecule has 1 fully saturated rings. The number of nitrogens with one attached hydrogen (secondary N) is 1. The topological polar surface area (TPSA) is 77.1 Å². The van der Waals surface area contributed by atoms with Crippen molar-refractivity contribution >= 4 is 51.9 Å². The molecule has 1 heterocycles. The van der Waals surface area contributed by atoms with E-state index in [-0.39, 0.29) is 18.4 Å². The van der Waals surface area contributed by atoms with Crippen LogP contribution in [-0.4, -0.2) is 47.9 Å². The Morgan fingerprint density at radius 2 is 1.91 bits per heavy atom. The fraction of sp³-hybridized carbons (Fsp3) is 0.292. The van der Waals surface area contributed by atoms with Crippen molar-refractivity contribution in [3.05, 3.63) is 52.9 Å². The van der Waals surface area contributed by atoms with Crippen molar-refractivity contribution in [1.82, 2.24) is 4.90 Å². The van der Waals surface area contributed by atoms with Crippen LogP contribution in [0, 0.1) is 0 Å². The van der Waals surface area contributed by atoms with E-state index in [0.29, 0.717) is 45.3 Å². The fourth-order valence-electron chi connectivity index (χ4n) is 3.14. The largest absolute Gasteiger partial charge is 0.493 e. The number of carbonyl (C=O) groups excluding carboxylic acids is 2. The van der Waals surface area contributed by atoms with Gasteiger partial charge in [0, 0.05) is 6.54 Å². The average Bonchev–Trinajstić information content (AvgIpc) is 3.07. The Bertz CT molecular complexity index is 1070. The van der Waals surface area contributed by atoms with E-state index in [1.807, 2.05) is 26.0 Å². The quantitative estimate of drug-likeness (QED) is 0.385. The van der Waals surface area contributed by atoms with Crippen molar-refractivity contribution in [1.29, 1.82) is 0 Å². The highest BCUT2D eigenvalue weighted by Crippen LogP contribution is 2.35. The molecular formula is C24H26N2O5S2. The molecule has 0 unspecified atom stereocenters. The number of ether oxygens (including phenoxy) is 3. The lowest BCUT2D eigenvalue weighted by atomic mass is 10.2. The van der Waals surface area contributed by atoms with Crippen molar-refractivity contribution in [2.24, 2.45) is 0 Å². The van der Waals surface area contributed by atoms with E-state index in [2.05, 4.69) is 5.32 Å². The minimum absolute atomic E-state index is 0.0878. The smallest absolute Gasteiger partial charge is 0.266 e. The van der Waals surface area contributed by atoms with Gasteiger partial charge in [0.05, 0.1) is 24.3 Å². The maximum Gasteiger partial charge on any atom is 0.266 e. The number of benzene rings is 2. The molecule has 0 aromatic heterocycles. The van der Waals surface area contributed by atoms with E-state index in [0.717, 1.165) is 12.0 Å². The summed E-state index contributed by atoms with van der Waals surface area (Å²) < 4.78 is 17.2. The van der Waals surface area contributed by atoms with E-state index in [4.69, 9.17) is 26.4 Å². The first kappa shape index (κ1) is 24.6. The number of nitrogens with zero attached hydrogens (tertiary/aromatic N) is 1. The van der Waals surface area contributed by atoms with Gasteiger partial charge < -0.3 is 19.5 Å². The van der Waals surface area contributed by atoms with Gasteiger partial charge in [-0.25, -0.2) is 0 Å². The fourth-order valence-corrected chi connectivity index (χ4v) is 4.45. The van der Waals surface area contributed by atoms with Gasteiger partial charge in [0.1, 0.15) is 10.1 Å². The monoisotopic (exact) mass is 486 g/mol.